The van der Waals surface area contributed by atoms with Gasteiger partial charge >= 0.3 is 0 Å². The van der Waals surface area contributed by atoms with Gasteiger partial charge in [-0.1, -0.05) is 31.5 Å². The summed E-state index contributed by atoms with van der Waals surface area (Å²) < 4.78 is 3.10. The molecule has 1 amide bonds. The zero-order valence-electron chi connectivity index (χ0n) is 17.8. The minimum atomic E-state index is -0.227. The molecule has 0 N–H and O–H groups in total. The van der Waals surface area contributed by atoms with Gasteiger partial charge in [0.2, 0.25) is 11.9 Å². The number of anilines is 1. The molecule has 0 fully saturated rings. The summed E-state index contributed by atoms with van der Waals surface area (Å²) >= 11 is 0. The van der Waals surface area contributed by atoms with Crippen LogP contribution in [0.4, 0.5) is 5.69 Å². The van der Waals surface area contributed by atoms with Crippen molar-refractivity contribution in [2.75, 3.05) is 11.4 Å². The summed E-state index contributed by atoms with van der Waals surface area (Å²) in [7, 11) is 0. The minimum absolute atomic E-state index is 0.0692. The van der Waals surface area contributed by atoms with Gasteiger partial charge in [0, 0.05) is 29.7 Å². The number of aromatic nitrogens is 4. The van der Waals surface area contributed by atoms with Crippen molar-refractivity contribution in [3.8, 4) is 5.95 Å². The molecule has 0 aliphatic carbocycles. The highest BCUT2D eigenvalue weighted by molar-refractivity contribution is 5.94. The van der Waals surface area contributed by atoms with Crippen molar-refractivity contribution in [1.29, 1.82) is 0 Å². The van der Waals surface area contributed by atoms with E-state index in [1.54, 1.807) is 9.58 Å². The Morgan fingerprint density at radius 1 is 1.17 bits per heavy atom. The number of rotatable bonds is 5. The van der Waals surface area contributed by atoms with E-state index in [0.29, 0.717) is 18.9 Å². The fourth-order valence-electron chi connectivity index (χ4n) is 4.08. The van der Waals surface area contributed by atoms with Gasteiger partial charge in [-0.15, -0.1) is 0 Å². The topological polar surface area (TPSA) is 73.0 Å². The quantitative estimate of drug-likeness (QED) is 0.654. The van der Waals surface area contributed by atoms with E-state index in [-0.39, 0.29) is 18.0 Å². The Kier molecular flexibility index (Phi) is 5.53. The molecule has 7 heteroatoms. The first kappa shape index (κ1) is 20.1. The first-order valence-corrected chi connectivity index (χ1v) is 10.5. The van der Waals surface area contributed by atoms with Crippen LogP contribution in [0.25, 0.3) is 5.95 Å². The molecule has 1 aliphatic heterocycles. The fraction of sp³-hybridized carbons (Fsp3) is 0.391. The molecule has 0 atom stereocenters. The summed E-state index contributed by atoms with van der Waals surface area (Å²) in [5.74, 6) is 0.285. The van der Waals surface area contributed by atoms with Crippen molar-refractivity contribution in [3.63, 3.8) is 0 Å². The van der Waals surface area contributed by atoms with Gasteiger partial charge in [0.05, 0.1) is 5.69 Å². The Hall–Kier alpha value is -3.22. The molecule has 0 saturated heterocycles. The molecule has 7 nitrogen and oxygen atoms in total. The van der Waals surface area contributed by atoms with E-state index in [4.69, 9.17) is 4.98 Å². The Bertz CT molecular complexity index is 1140. The summed E-state index contributed by atoms with van der Waals surface area (Å²) in [6, 6.07) is 11.4. The third kappa shape index (κ3) is 3.79. The predicted octanol–water partition coefficient (Wildman–Crippen LogP) is 2.98. The van der Waals surface area contributed by atoms with Crippen LogP contribution in [0.2, 0.25) is 0 Å². The van der Waals surface area contributed by atoms with Crippen molar-refractivity contribution in [3.05, 3.63) is 69.4 Å². The lowest BCUT2D eigenvalue weighted by atomic mass is 10.0. The fourth-order valence-corrected chi connectivity index (χ4v) is 4.08. The lowest BCUT2D eigenvalue weighted by Gasteiger charge is -2.30. The second kappa shape index (κ2) is 8.26. The average molecular weight is 406 g/mol. The zero-order valence-corrected chi connectivity index (χ0v) is 17.8. The molecule has 2 aromatic heterocycles. The van der Waals surface area contributed by atoms with Crippen LogP contribution < -0.4 is 10.5 Å². The van der Waals surface area contributed by atoms with Crippen LogP contribution in [0.3, 0.4) is 0 Å². The van der Waals surface area contributed by atoms with Crippen molar-refractivity contribution in [1.82, 2.24) is 19.3 Å². The van der Waals surface area contributed by atoms with E-state index >= 15 is 0 Å². The van der Waals surface area contributed by atoms with Crippen LogP contribution in [-0.2, 0) is 24.2 Å². The summed E-state index contributed by atoms with van der Waals surface area (Å²) in [5, 5.41) is 4.51. The largest absolute Gasteiger partial charge is 0.311 e. The molecule has 156 valence electrons. The van der Waals surface area contributed by atoms with Crippen LogP contribution in [0, 0.1) is 13.8 Å². The van der Waals surface area contributed by atoms with E-state index in [9.17, 15) is 9.59 Å². The monoisotopic (exact) mass is 405 g/mol. The van der Waals surface area contributed by atoms with Gasteiger partial charge in [-0.3, -0.25) is 14.2 Å². The van der Waals surface area contributed by atoms with Crippen molar-refractivity contribution in [2.45, 2.75) is 53.0 Å². The number of carbonyl (C=O) groups excluding carboxylic acids is 1. The standard InChI is InChI=1S/C23H27N5O2/c1-4-8-19-14-21(29)27(23(24-19)28-17(3)13-16(2)25-28)15-22(30)26-12-7-10-18-9-5-6-11-20(18)26/h5-6,9,11,13-14H,4,7-8,10,12,15H2,1-3H3. The summed E-state index contributed by atoms with van der Waals surface area (Å²) in [6.07, 6.45) is 3.46. The molecule has 1 aromatic carbocycles. The lowest BCUT2D eigenvalue weighted by Crippen LogP contribution is -2.40. The van der Waals surface area contributed by atoms with Crippen LogP contribution >= 0.6 is 0 Å². The highest BCUT2D eigenvalue weighted by Gasteiger charge is 2.24. The molecule has 3 aromatic rings. The van der Waals surface area contributed by atoms with Crippen molar-refractivity contribution < 1.29 is 4.79 Å². The van der Waals surface area contributed by atoms with Gasteiger partial charge in [-0.05, 0) is 50.8 Å². The first-order chi connectivity index (χ1) is 14.5. The Balaban J connectivity index is 1.75. The van der Waals surface area contributed by atoms with Crippen molar-refractivity contribution in [2.24, 2.45) is 0 Å². The van der Waals surface area contributed by atoms with E-state index in [2.05, 4.69) is 11.2 Å². The van der Waals surface area contributed by atoms with Gasteiger partial charge in [-0.2, -0.15) is 5.10 Å². The maximum absolute atomic E-state index is 13.3. The molecule has 0 bridgehead atoms. The number of amides is 1. The first-order valence-electron chi connectivity index (χ1n) is 10.5. The Labute approximate surface area is 176 Å². The number of para-hydroxylation sites is 1. The third-order valence-electron chi connectivity index (χ3n) is 5.45. The van der Waals surface area contributed by atoms with E-state index in [1.807, 2.05) is 45.0 Å². The molecule has 0 radical (unpaired) electrons. The molecule has 3 heterocycles. The second-order valence-electron chi connectivity index (χ2n) is 7.84. The molecule has 1 aliphatic rings. The second-order valence-corrected chi connectivity index (χ2v) is 7.84. The van der Waals surface area contributed by atoms with Gasteiger partial charge in [0.1, 0.15) is 6.54 Å². The number of hydrogen-bond acceptors (Lipinski definition) is 4. The van der Waals surface area contributed by atoms with Gasteiger partial charge in [-0.25, -0.2) is 9.67 Å². The number of fused-ring (bicyclic) bond motifs is 1. The van der Waals surface area contributed by atoms with E-state index in [1.165, 1.54) is 16.2 Å². The molecule has 0 unspecified atom stereocenters. The van der Waals surface area contributed by atoms with E-state index < -0.39 is 0 Å². The SMILES string of the molecule is CCCc1cc(=O)n(CC(=O)N2CCCc3ccccc32)c(-n2nc(C)cc2C)n1. The summed E-state index contributed by atoms with van der Waals surface area (Å²) in [4.78, 5) is 32.8. The number of benzene rings is 1. The van der Waals surface area contributed by atoms with Gasteiger partial charge in [0.25, 0.3) is 5.56 Å². The van der Waals surface area contributed by atoms with Crippen LogP contribution in [0.5, 0.6) is 0 Å². The van der Waals surface area contributed by atoms with Crippen LogP contribution in [0.1, 0.15) is 42.4 Å². The smallest absolute Gasteiger partial charge is 0.255 e. The maximum Gasteiger partial charge on any atom is 0.255 e. The maximum atomic E-state index is 13.3. The predicted molar refractivity (Wildman–Crippen MR) is 116 cm³/mol. The molecule has 30 heavy (non-hydrogen) atoms. The summed E-state index contributed by atoms with van der Waals surface area (Å²) in [6.45, 7) is 6.46. The number of nitrogens with zero attached hydrogens (tertiary/aromatic N) is 5. The lowest BCUT2D eigenvalue weighted by molar-refractivity contribution is -0.119. The Morgan fingerprint density at radius 2 is 1.97 bits per heavy atom. The molecule has 0 spiro atoms. The Morgan fingerprint density at radius 3 is 2.70 bits per heavy atom. The third-order valence-corrected chi connectivity index (χ3v) is 5.45. The number of aryl methyl sites for hydroxylation is 4. The van der Waals surface area contributed by atoms with Crippen LogP contribution in [0.15, 0.2) is 41.2 Å². The van der Waals surface area contributed by atoms with E-state index in [0.717, 1.165) is 42.0 Å². The minimum Gasteiger partial charge on any atom is -0.311 e. The molecule has 0 saturated carbocycles. The van der Waals surface area contributed by atoms with Crippen LogP contribution in [-0.4, -0.2) is 31.8 Å². The highest BCUT2D eigenvalue weighted by atomic mass is 16.2. The summed E-state index contributed by atoms with van der Waals surface area (Å²) in [5.41, 5.74) is 4.31. The number of carbonyl (C=O) groups is 1. The molecular weight excluding hydrogens is 378 g/mol. The van der Waals surface area contributed by atoms with Crippen molar-refractivity contribution >= 4 is 11.6 Å². The average Bonchev–Trinajstić information content (AvgIpc) is 3.07. The molecular formula is C23H27N5O2. The molecule has 4 rings (SSSR count). The zero-order chi connectivity index (χ0) is 21.3. The normalized spacial score (nSPS) is 13.4. The van der Waals surface area contributed by atoms with Gasteiger partial charge < -0.3 is 4.90 Å². The van der Waals surface area contributed by atoms with Gasteiger partial charge in [0.15, 0.2) is 0 Å². The number of hydrogen-bond donors (Lipinski definition) is 0. The highest BCUT2D eigenvalue weighted by Crippen LogP contribution is 2.27.